The Hall–Kier alpha value is -3.10. The van der Waals surface area contributed by atoms with Crippen LogP contribution in [-0.2, 0) is 16.1 Å². The van der Waals surface area contributed by atoms with Crippen molar-refractivity contribution < 1.29 is 14.4 Å². The van der Waals surface area contributed by atoms with Gasteiger partial charge in [0.05, 0.1) is 33.3 Å². The van der Waals surface area contributed by atoms with Crippen molar-refractivity contribution in [1.82, 2.24) is 0 Å². The van der Waals surface area contributed by atoms with Crippen LogP contribution >= 0.6 is 0 Å². The number of carbonyl (C=O) groups excluding carboxylic acids is 1. The van der Waals surface area contributed by atoms with Crippen molar-refractivity contribution in [2.45, 2.75) is 6.54 Å². The number of esters is 1. The lowest BCUT2D eigenvalue weighted by atomic mass is 10.1. The summed E-state index contributed by atoms with van der Waals surface area (Å²) >= 11 is 0. The summed E-state index contributed by atoms with van der Waals surface area (Å²) in [6.45, 7) is 5.02. The van der Waals surface area contributed by atoms with E-state index in [0.717, 1.165) is 44.0 Å². The SMILES string of the molecule is COC(=O)/C(C#N)=C\c1ccccc1N1CC[NH+](Cc2ccccc2)CC1. The first-order valence-electron chi connectivity index (χ1n) is 9.13. The number of benzene rings is 2. The molecule has 0 unspecified atom stereocenters. The summed E-state index contributed by atoms with van der Waals surface area (Å²) in [6.07, 6.45) is 1.62. The molecule has 0 spiro atoms. The Bertz CT molecular complexity index is 847. The Kier molecular flexibility index (Phi) is 6.24. The molecular formula is C22H24N3O2+. The van der Waals surface area contributed by atoms with Crippen LogP contribution in [0.4, 0.5) is 5.69 Å². The highest BCUT2D eigenvalue weighted by atomic mass is 16.5. The van der Waals surface area contributed by atoms with Gasteiger partial charge in [-0.25, -0.2) is 4.79 Å². The maximum absolute atomic E-state index is 11.7. The number of quaternary nitrogens is 1. The van der Waals surface area contributed by atoms with E-state index in [4.69, 9.17) is 0 Å². The molecule has 1 fully saturated rings. The maximum atomic E-state index is 11.7. The largest absolute Gasteiger partial charge is 0.465 e. The molecule has 0 saturated carbocycles. The van der Waals surface area contributed by atoms with Gasteiger partial charge in [0.1, 0.15) is 18.2 Å². The number of hydrogen-bond acceptors (Lipinski definition) is 4. The number of nitrogens with zero attached hydrogens (tertiary/aromatic N) is 2. The van der Waals surface area contributed by atoms with Crippen LogP contribution in [0.25, 0.3) is 6.08 Å². The zero-order valence-electron chi connectivity index (χ0n) is 15.5. The van der Waals surface area contributed by atoms with E-state index in [2.05, 4.69) is 33.9 Å². The second-order valence-corrected chi connectivity index (χ2v) is 6.62. The Morgan fingerprint density at radius 2 is 1.81 bits per heavy atom. The van der Waals surface area contributed by atoms with Gasteiger partial charge in [-0.3, -0.25) is 0 Å². The summed E-state index contributed by atoms with van der Waals surface area (Å²) in [5, 5.41) is 9.23. The number of anilines is 1. The van der Waals surface area contributed by atoms with E-state index < -0.39 is 5.97 Å². The summed E-state index contributed by atoms with van der Waals surface area (Å²) in [6, 6.07) is 20.4. The predicted molar refractivity (Wildman–Crippen MR) is 105 cm³/mol. The summed E-state index contributed by atoms with van der Waals surface area (Å²) in [4.78, 5) is 15.6. The third-order valence-electron chi connectivity index (χ3n) is 4.87. The molecule has 0 radical (unpaired) electrons. The van der Waals surface area contributed by atoms with Gasteiger partial charge in [-0.15, -0.1) is 0 Å². The molecule has 27 heavy (non-hydrogen) atoms. The summed E-state index contributed by atoms with van der Waals surface area (Å²) in [5.74, 6) is -0.607. The fourth-order valence-corrected chi connectivity index (χ4v) is 3.43. The normalized spacial score (nSPS) is 15.3. The second kappa shape index (κ2) is 9.02. The zero-order valence-corrected chi connectivity index (χ0v) is 15.5. The number of rotatable bonds is 5. The second-order valence-electron chi connectivity index (χ2n) is 6.62. The molecule has 0 aliphatic carbocycles. The molecule has 1 aliphatic rings. The van der Waals surface area contributed by atoms with Crippen molar-refractivity contribution in [3.63, 3.8) is 0 Å². The van der Waals surface area contributed by atoms with E-state index in [-0.39, 0.29) is 5.57 Å². The van der Waals surface area contributed by atoms with Crippen molar-refractivity contribution >= 4 is 17.7 Å². The highest BCUT2D eigenvalue weighted by Crippen LogP contribution is 2.23. The van der Waals surface area contributed by atoms with Crippen LogP contribution in [0.3, 0.4) is 0 Å². The summed E-state index contributed by atoms with van der Waals surface area (Å²) < 4.78 is 4.68. The van der Waals surface area contributed by atoms with E-state index in [1.807, 2.05) is 36.4 Å². The molecule has 1 saturated heterocycles. The highest BCUT2D eigenvalue weighted by molar-refractivity contribution is 5.98. The van der Waals surface area contributed by atoms with Gasteiger partial charge in [-0.1, -0.05) is 48.5 Å². The minimum Gasteiger partial charge on any atom is -0.465 e. The first-order chi connectivity index (χ1) is 13.2. The van der Waals surface area contributed by atoms with Crippen LogP contribution in [0.1, 0.15) is 11.1 Å². The van der Waals surface area contributed by atoms with Gasteiger partial charge >= 0.3 is 5.97 Å². The Labute approximate surface area is 160 Å². The van der Waals surface area contributed by atoms with E-state index in [1.54, 1.807) is 11.0 Å². The van der Waals surface area contributed by atoms with Crippen LogP contribution in [0.5, 0.6) is 0 Å². The molecule has 0 bridgehead atoms. The first-order valence-corrected chi connectivity index (χ1v) is 9.13. The van der Waals surface area contributed by atoms with Crippen molar-refractivity contribution in [3.05, 3.63) is 71.3 Å². The monoisotopic (exact) mass is 362 g/mol. The standard InChI is InChI=1S/C22H23N3O2/c1-27-22(26)20(16-23)15-19-9-5-6-10-21(19)25-13-11-24(12-14-25)17-18-7-3-2-4-8-18/h2-10,15H,11-14,17H2,1H3/p+1/b20-15-. The predicted octanol–water partition coefficient (Wildman–Crippen LogP) is 1.67. The molecule has 1 N–H and O–H groups in total. The van der Waals surface area contributed by atoms with Crippen LogP contribution in [-0.4, -0.2) is 39.3 Å². The van der Waals surface area contributed by atoms with Crippen molar-refractivity contribution in [1.29, 1.82) is 5.26 Å². The smallest absolute Gasteiger partial charge is 0.348 e. The minimum atomic E-state index is -0.607. The average Bonchev–Trinajstić information content (AvgIpc) is 2.73. The third kappa shape index (κ3) is 4.75. The van der Waals surface area contributed by atoms with Gasteiger partial charge in [-0.2, -0.15) is 5.26 Å². The zero-order chi connectivity index (χ0) is 19.1. The molecule has 5 nitrogen and oxygen atoms in total. The number of ether oxygens (including phenoxy) is 1. The highest BCUT2D eigenvalue weighted by Gasteiger charge is 2.22. The van der Waals surface area contributed by atoms with Gasteiger partial charge in [0.2, 0.25) is 0 Å². The van der Waals surface area contributed by atoms with Crippen molar-refractivity contribution in [2.75, 3.05) is 38.2 Å². The van der Waals surface area contributed by atoms with Gasteiger partial charge in [0.15, 0.2) is 0 Å². The molecule has 3 rings (SSSR count). The van der Waals surface area contributed by atoms with Gasteiger partial charge < -0.3 is 14.5 Å². The quantitative estimate of drug-likeness (QED) is 0.499. The fourth-order valence-electron chi connectivity index (χ4n) is 3.43. The number of methoxy groups -OCH3 is 1. The number of nitrogens with one attached hydrogen (secondary N) is 1. The number of carbonyl (C=O) groups is 1. The fraction of sp³-hybridized carbons (Fsp3) is 0.273. The van der Waals surface area contributed by atoms with E-state index in [9.17, 15) is 10.1 Å². The van der Waals surface area contributed by atoms with E-state index in [0.29, 0.717) is 0 Å². The lowest BCUT2D eigenvalue weighted by Gasteiger charge is -2.34. The van der Waals surface area contributed by atoms with E-state index >= 15 is 0 Å². The van der Waals surface area contributed by atoms with Crippen molar-refractivity contribution in [3.8, 4) is 6.07 Å². The number of para-hydroxylation sites is 1. The van der Waals surface area contributed by atoms with Gasteiger partial charge in [0.25, 0.3) is 0 Å². The minimum absolute atomic E-state index is 0.0123. The summed E-state index contributed by atoms with van der Waals surface area (Å²) in [5.41, 5.74) is 3.29. The molecule has 138 valence electrons. The van der Waals surface area contributed by atoms with Gasteiger partial charge in [0, 0.05) is 11.3 Å². The van der Waals surface area contributed by atoms with Crippen LogP contribution in [0.15, 0.2) is 60.2 Å². The lowest BCUT2D eigenvalue weighted by Crippen LogP contribution is -3.13. The molecule has 5 heteroatoms. The molecule has 1 heterocycles. The van der Waals surface area contributed by atoms with Crippen LogP contribution < -0.4 is 9.80 Å². The number of hydrogen-bond donors (Lipinski definition) is 1. The van der Waals surface area contributed by atoms with Gasteiger partial charge in [-0.05, 0) is 17.7 Å². The average molecular weight is 362 g/mol. The Morgan fingerprint density at radius 1 is 1.15 bits per heavy atom. The number of piperazine rings is 1. The van der Waals surface area contributed by atoms with Crippen LogP contribution in [0.2, 0.25) is 0 Å². The molecular weight excluding hydrogens is 338 g/mol. The molecule has 1 aliphatic heterocycles. The molecule has 0 amide bonds. The first kappa shape index (κ1) is 18.7. The number of nitriles is 1. The molecule has 0 atom stereocenters. The molecule has 2 aromatic carbocycles. The topological polar surface area (TPSA) is 57.8 Å². The Morgan fingerprint density at radius 3 is 2.48 bits per heavy atom. The maximum Gasteiger partial charge on any atom is 0.348 e. The third-order valence-corrected chi connectivity index (χ3v) is 4.87. The lowest BCUT2D eigenvalue weighted by molar-refractivity contribution is -0.914. The van der Waals surface area contributed by atoms with Crippen molar-refractivity contribution in [2.24, 2.45) is 0 Å². The van der Waals surface area contributed by atoms with Crippen LogP contribution in [0, 0.1) is 11.3 Å². The Balaban J connectivity index is 1.71. The molecule has 2 aromatic rings. The summed E-state index contributed by atoms with van der Waals surface area (Å²) in [7, 11) is 1.29. The molecule has 0 aromatic heterocycles. The van der Waals surface area contributed by atoms with E-state index in [1.165, 1.54) is 12.7 Å².